The highest BCUT2D eigenvalue weighted by Crippen LogP contribution is 2.23. The average molecular weight is 486 g/mol. The van der Waals surface area contributed by atoms with Crippen LogP contribution in [0.15, 0.2) is 76.6 Å². The van der Waals surface area contributed by atoms with E-state index in [9.17, 15) is 17.6 Å². The molecule has 33 heavy (non-hydrogen) atoms. The zero-order chi connectivity index (χ0) is 23.6. The van der Waals surface area contributed by atoms with Crippen LogP contribution in [-0.2, 0) is 16.6 Å². The SMILES string of the molecule is CCn1c(=NC(=O)c2cccc(NS(=O)(=O)c3ccc(F)cc3)c2)sc2cc(OC)ccc21. The number of carbonyl (C=O) groups excluding carboxylic acids is 1. The van der Waals surface area contributed by atoms with Crippen LogP contribution in [0.5, 0.6) is 5.75 Å². The predicted octanol–water partition coefficient (Wildman–Crippen LogP) is 4.41. The summed E-state index contributed by atoms with van der Waals surface area (Å²) in [5, 5.41) is 0. The number of hydrogen-bond donors (Lipinski definition) is 1. The fourth-order valence-corrected chi connectivity index (χ4v) is 5.44. The van der Waals surface area contributed by atoms with Crippen molar-refractivity contribution in [3.05, 3.63) is 82.9 Å². The van der Waals surface area contributed by atoms with E-state index in [0.717, 1.165) is 22.3 Å². The summed E-state index contributed by atoms with van der Waals surface area (Å²) < 4.78 is 48.8. The number of anilines is 1. The quantitative estimate of drug-likeness (QED) is 0.438. The number of ether oxygens (including phenoxy) is 1. The van der Waals surface area contributed by atoms with Gasteiger partial charge in [0.15, 0.2) is 4.80 Å². The Morgan fingerprint density at radius 3 is 2.58 bits per heavy atom. The first kappa shape index (κ1) is 22.7. The van der Waals surface area contributed by atoms with Gasteiger partial charge in [0, 0.05) is 17.8 Å². The number of carbonyl (C=O) groups is 1. The van der Waals surface area contributed by atoms with Crippen molar-refractivity contribution in [2.45, 2.75) is 18.4 Å². The van der Waals surface area contributed by atoms with Gasteiger partial charge in [-0.15, -0.1) is 0 Å². The van der Waals surface area contributed by atoms with Crippen LogP contribution in [0, 0.1) is 5.82 Å². The molecule has 0 bridgehead atoms. The van der Waals surface area contributed by atoms with Gasteiger partial charge in [0.2, 0.25) is 0 Å². The molecule has 0 spiro atoms. The number of nitrogens with one attached hydrogen (secondary N) is 1. The largest absolute Gasteiger partial charge is 0.497 e. The Morgan fingerprint density at radius 2 is 1.88 bits per heavy atom. The number of aryl methyl sites for hydroxylation is 1. The Balaban J connectivity index is 1.66. The summed E-state index contributed by atoms with van der Waals surface area (Å²) in [6.45, 7) is 2.58. The van der Waals surface area contributed by atoms with E-state index in [1.54, 1.807) is 19.2 Å². The maximum atomic E-state index is 13.1. The summed E-state index contributed by atoms with van der Waals surface area (Å²) in [6.07, 6.45) is 0. The molecule has 0 aliphatic heterocycles. The molecule has 3 aromatic carbocycles. The molecule has 0 unspecified atom stereocenters. The van der Waals surface area contributed by atoms with Crippen molar-refractivity contribution in [1.29, 1.82) is 0 Å². The monoisotopic (exact) mass is 485 g/mol. The van der Waals surface area contributed by atoms with Crippen molar-refractivity contribution in [3.8, 4) is 5.75 Å². The number of nitrogens with zero attached hydrogens (tertiary/aromatic N) is 2. The molecule has 0 aliphatic carbocycles. The molecule has 170 valence electrons. The maximum absolute atomic E-state index is 13.1. The number of thiazole rings is 1. The molecule has 1 aromatic heterocycles. The van der Waals surface area contributed by atoms with E-state index in [0.29, 0.717) is 17.1 Å². The lowest BCUT2D eigenvalue weighted by Gasteiger charge is -2.08. The summed E-state index contributed by atoms with van der Waals surface area (Å²) in [4.78, 5) is 17.6. The number of methoxy groups -OCH3 is 1. The summed E-state index contributed by atoms with van der Waals surface area (Å²) in [6, 6.07) is 16.2. The average Bonchev–Trinajstić information content (AvgIpc) is 3.15. The van der Waals surface area contributed by atoms with Crippen molar-refractivity contribution < 1.29 is 22.3 Å². The molecule has 0 saturated carbocycles. The molecule has 1 heterocycles. The fourth-order valence-electron chi connectivity index (χ4n) is 3.27. The number of benzene rings is 3. The maximum Gasteiger partial charge on any atom is 0.279 e. The first-order valence-corrected chi connectivity index (χ1v) is 12.3. The summed E-state index contributed by atoms with van der Waals surface area (Å²) in [7, 11) is -2.35. The number of fused-ring (bicyclic) bond motifs is 1. The summed E-state index contributed by atoms with van der Waals surface area (Å²) in [5.74, 6) is -0.322. The van der Waals surface area contributed by atoms with Crippen molar-refractivity contribution in [2.75, 3.05) is 11.8 Å². The van der Waals surface area contributed by atoms with Crippen LogP contribution < -0.4 is 14.3 Å². The number of amides is 1. The first-order valence-electron chi connectivity index (χ1n) is 9.95. The molecular formula is C23H20FN3O4S2. The molecule has 0 aliphatic rings. The Hall–Kier alpha value is -3.50. The zero-order valence-electron chi connectivity index (χ0n) is 17.8. The molecule has 4 rings (SSSR count). The highest BCUT2D eigenvalue weighted by atomic mass is 32.2. The minimum Gasteiger partial charge on any atom is -0.497 e. The highest BCUT2D eigenvalue weighted by molar-refractivity contribution is 7.92. The smallest absolute Gasteiger partial charge is 0.279 e. The highest BCUT2D eigenvalue weighted by Gasteiger charge is 2.16. The predicted molar refractivity (Wildman–Crippen MR) is 126 cm³/mol. The number of halogens is 1. The number of sulfonamides is 1. The number of aromatic nitrogens is 1. The van der Waals surface area contributed by atoms with Gasteiger partial charge < -0.3 is 9.30 Å². The van der Waals surface area contributed by atoms with Crippen LogP contribution in [0.1, 0.15) is 17.3 Å². The van der Waals surface area contributed by atoms with Gasteiger partial charge in [-0.1, -0.05) is 17.4 Å². The molecule has 4 aromatic rings. The van der Waals surface area contributed by atoms with Crippen LogP contribution in [0.25, 0.3) is 10.2 Å². The van der Waals surface area contributed by atoms with E-state index in [4.69, 9.17) is 4.74 Å². The van der Waals surface area contributed by atoms with Crippen LogP contribution >= 0.6 is 11.3 Å². The Bertz CT molecular complexity index is 1510. The summed E-state index contributed by atoms with van der Waals surface area (Å²) in [5.41, 5.74) is 1.37. The van der Waals surface area contributed by atoms with Gasteiger partial charge in [-0.05, 0) is 67.6 Å². The Labute approximate surface area is 193 Å². The molecule has 0 saturated heterocycles. The molecule has 10 heteroatoms. The van der Waals surface area contributed by atoms with Crippen LogP contribution in [0.4, 0.5) is 10.1 Å². The number of hydrogen-bond acceptors (Lipinski definition) is 5. The lowest BCUT2D eigenvalue weighted by molar-refractivity contribution is 0.0998. The van der Waals surface area contributed by atoms with Crippen LogP contribution in [0.3, 0.4) is 0 Å². The zero-order valence-corrected chi connectivity index (χ0v) is 19.4. The molecule has 1 amide bonds. The van der Waals surface area contributed by atoms with E-state index in [1.165, 1.54) is 35.6 Å². The van der Waals surface area contributed by atoms with Gasteiger partial charge in [0.05, 0.1) is 22.2 Å². The van der Waals surface area contributed by atoms with Crippen molar-refractivity contribution in [1.82, 2.24) is 4.57 Å². The van der Waals surface area contributed by atoms with Crippen molar-refractivity contribution in [2.24, 2.45) is 4.99 Å². The van der Waals surface area contributed by atoms with E-state index in [1.807, 2.05) is 29.7 Å². The lowest BCUT2D eigenvalue weighted by atomic mass is 10.2. The standard InChI is InChI=1S/C23H20FN3O4S2/c1-3-27-20-12-9-18(31-2)14-21(20)32-23(27)25-22(28)15-5-4-6-17(13-15)26-33(29,30)19-10-7-16(24)8-11-19/h4-14,26H,3H2,1-2H3. The van der Waals surface area contributed by atoms with E-state index < -0.39 is 21.7 Å². The van der Waals surface area contributed by atoms with Gasteiger partial charge >= 0.3 is 0 Å². The molecule has 1 N–H and O–H groups in total. The van der Waals surface area contributed by atoms with Gasteiger partial charge in [0.25, 0.3) is 15.9 Å². The van der Waals surface area contributed by atoms with Crippen LogP contribution in [-0.4, -0.2) is 26.0 Å². The third-order valence-electron chi connectivity index (χ3n) is 4.89. The summed E-state index contributed by atoms with van der Waals surface area (Å²) >= 11 is 1.37. The van der Waals surface area contributed by atoms with E-state index >= 15 is 0 Å². The molecule has 0 radical (unpaired) electrons. The van der Waals surface area contributed by atoms with E-state index in [-0.39, 0.29) is 16.1 Å². The van der Waals surface area contributed by atoms with Gasteiger partial charge in [-0.2, -0.15) is 4.99 Å². The third kappa shape index (κ3) is 4.81. The number of rotatable bonds is 6. The molecule has 7 nitrogen and oxygen atoms in total. The minimum absolute atomic E-state index is 0.0880. The van der Waals surface area contributed by atoms with Crippen molar-refractivity contribution in [3.63, 3.8) is 0 Å². The van der Waals surface area contributed by atoms with Gasteiger partial charge in [-0.3, -0.25) is 9.52 Å². The second kappa shape index (κ2) is 9.16. The molecule has 0 fully saturated rings. The van der Waals surface area contributed by atoms with E-state index in [2.05, 4.69) is 9.71 Å². The fraction of sp³-hybridized carbons (Fsp3) is 0.130. The first-order chi connectivity index (χ1) is 15.8. The molecular weight excluding hydrogens is 465 g/mol. The minimum atomic E-state index is -3.94. The second-order valence-corrected chi connectivity index (χ2v) is 9.71. The van der Waals surface area contributed by atoms with Crippen molar-refractivity contribution >= 4 is 43.2 Å². The lowest BCUT2D eigenvalue weighted by Crippen LogP contribution is -2.16. The Kier molecular flexibility index (Phi) is 6.30. The van der Waals surface area contributed by atoms with Gasteiger partial charge in [-0.25, -0.2) is 12.8 Å². The third-order valence-corrected chi connectivity index (χ3v) is 7.33. The normalized spacial score (nSPS) is 12.2. The van der Waals surface area contributed by atoms with Crippen LogP contribution in [0.2, 0.25) is 0 Å². The second-order valence-electron chi connectivity index (χ2n) is 7.02. The topological polar surface area (TPSA) is 89.8 Å². The van der Waals surface area contributed by atoms with Gasteiger partial charge in [0.1, 0.15) is 11.6 Å². The molecule has 0 atom stereocenters. The Morgan fingerprint density at radius 1 is 1.12 bits per heavy atom.